The molecule has 2 atom stereocenters. The Kier molecular flexibility index (Phi) is 6.04. The summed E-state index contributed by atoms with van der Waals surface area (Å²) in [5.41, 5.74) is 2.58. The van der Waals surface area contributed by atoms with Gasteiger partial charge >= 0.3 is 0 Å². The van der Waals surface area contributed by atoms with Crippen molar-refractivity contribution in [3.8, 4) is 0 Å². The minimum absolute atomic E-state index is 0.653. The van der Waals surface area contributed by atoms with Crippen molar-refractivity contribution in [2.75, 3.05) is 19.0 Å². The van der Waals surface area contributed by atoms with Gasteiger partial charge in [0, 0.05) is 25.3 Å². The first-order chi connectivity index (χ1) is 10.1. The van der Waals surface area contributed by atoms with E-state index < -0.39 is 0 Å². The zero-order valence-electron chi connectivity index (χ0n) is 14.2. The van der Waals surface area contributed by atoms with Gasteiger partial charge < -0.3 is 10.2 Å². The summed E-state index contributed by atoms with van der Waals surface area (Å²) in [7, 11) is 4.23. The first-order valence-electron chi connectivity index (χ1n) is 8.51. The van der Waals surface area contributed by atoms with Crippen molar-refractivity contribution in [1.29, 1.82) is 0 Å². The SMILES string of the molecule is CCCc1cc(CNC)cc(N(C)C2CCCC(C)C2)n1. The first kappa shape index (κ1) is 16.3. The molecule has 3 heteroatoms. The summed E-state index contributed by atoms with van der Waals surface area (Å²) in [5.74, 6) is 2.01. The molecule has 1 aromatic rings. The van der Waals surface area contributed by atoms with E-state index in [1.165, 1.54) is 36.9 Å². The van der Waals surface area contributed by atoms with Gasteiger partial charge in [0.15, 0.2) is 0 Å². The predicted molar refractivity (Wildman–Crippen MR) is 90.8 cm³/mol. The highest BCUT2D eigenvalue weighted by Gasteiger charge is 2.23. The Morgan fingerprint density at radius 1 is 1.33 bits per heavy atom. The molecule has 1 aromatic heterocycles. The highest BCUT2D eigenvalue weighted by atomic mass is 15.2. The molecule has 1 aliphatic rings. The average Bonchev–Trinajstić information content (AvgIpc) is 2.47. The van der Waals surface area contributed by atoms with Gasteiger partial charge in [-0.25, -0.2) is 4.98 Å². The lowest BCUT2D eigenvalue weighted by atomic mass is 9.86. The molecule has 0 saturated heterocycles. The smallest absolute Gasteiger partial charge is 0.129 e. The average molecular weight is 289 g/mol. The van der Waals surface area contributed by atoms with Crippen LogP contribution in [-0.4, -0.2) is 25.1 Å². The summed E-state index contributed by atoms with van der Waals surface area (Å²) in [6, 6.07) is 5.16. The molecule has 0 aromatic carbocycles. The van der Waals surface area contributed by atoms with Crippen LogP contribution >= 0.6 is 0 Å². The first-order valence-corrected chi connectivity index (χ1v) is 8.51. The van der Waals surface area contributed by atoms with Gasteiger partial charge in [0.1, 0.15) is 5.82 Å². The molecule has 1 aliphatic carbocycles. The van der Waals surface area contributed by atoms with Crippen molar-refractivity contribution in [3.05, 3.63) is 23.4 Å². The Bertz CT molecular complexity index is 420. The van der Waals surface area contributed by atoms with E-state index in [0.29, 0.717) is 6.04 Å². The van der Waals surface area contributed by atoms with Crippen molar-refractivity contribution in [1.82, 2.24) is 10.3 Å². The van der Waals surface area contributed by atoms with E-state index in [-0.39, 0.29) is 0 Å². The fourth-order valence-electron chi connectivity index (χ4n) is 3.45. The quantitative estimate of drug-likeness (QED) is 0.864. The summed E-state index contributed by atoms with van der Waals surface area (Å²) in [6.07, 6.45) is 7.57. The highest BCUT2D eigenvalue weighted by molar-refractivity contribution is 5.43. The van der Waals surface area contributed by atoms with Crippen molar-refractivity contribution in [2.24, 2.45) is 5.92 Å². The van der Waals surface area contributed by atoms with Crippen LogP contribution in [0.15, 0.2) is 12.1 Å². The Hall–Kier alpha value is -1.09. The Balaban J connectivity index is 2.19. The maximum Gasteiger partial charge on any atom is 0.129 e. The van der Waals surface area contributed by atoms with E-state index in [1.807, 2.05) is 7.05 Å². The summed E-state index contributed by atoms with van der Waals surface area (Å²) >= 11 is 0. The third kappa shape index (κ3) is 4.44. The van der Waals surface area contributed by atoms with Gasteiger partial charge in [0.05, 0.1) is 0 Å². The topological polar surface area (TPSA) is 28.2 Å². The van der Waals surface area contributed by atoms with Crippen LogP contribution in [0.25, 0.3) is 0 Å². The molecule has 3 nitrogen and oxygen atoms in total. The second-order valence-electron chi connectivity index (χ2n) is 6.64. The second kappa shape index (κ2) is 7.79. The fourth-order valence-corrected chi connectivity index (χ4v) is 3.45. The van der Waals surface area contributed by atoms with Gasteiger partial charge in [-0.1, -0.05) is 33.1 Å². The van der Waals surface area contributed by atoms with Gasteiger partial charge in [-0.15, -0.1) is 0 Å². The molecule has 0 aliphatic heterocycles. The van der Waals surface area contributed by atoms with E-state index in [2.05, 4.69) is 43.2 Å². The van der Waals surface area contributed by atoms with Crippen LogP contribution < -0.4 is 10.2 Å². The molecule has 1 fully saturated rings. The minimum Gasteiger partial charge on any atom is -0.357 e. The second-order valence-corrected chi connectivity index (χ2v) is 6.64. The van der Waals surface area contributed by atoms with E-state index in [1.54, 1.807) is 0 Å². The highest BCUT2D eigenvalue weighted by Crippen LogP contribution is 2.29. The molecule has 21 heavy (non-hydrogen) atoms. The minimum atomic E-state index is 0.653. The molecule has 1 N–H and O–H groups in total. The molecular weight excluding hydrogens is 258 g/mol. The number of hydrogen-bond donors (Lipinski definition) is 1. The van der Waals surface area contributed by atoms with Gasteiger partial charge in [0.25, 0.3) is 0 Å². The third-order valence-corrected chi connectivity index (χ3v) is 4.63. The van der Waals surface area contributed by atoms with E-state index in [4.69, 9.17) is 4.98 Å². The molecule has 0 radical (unpaired) electrons. The number of pyridine rings is 1. The van der Waals surface area contributed by atoms with Crippen LogP contribution in [0.5, 0.6) is 0 Å². The molecule has 1 saturated carbocycles. The summed E-state index contributed by atoms with van der Waals surface area (Å²) in [5, 5.41) is 3.26. The van der Waals surface area contributed by atoms with Crippen LogP contribution in [0.3, 0.4) is 0 Å². The summed E-state index contributed by atoms with van der Waals surface area (Å²) < 4.78 is 0. The Labute approximate surface area is 130 Å². The van der Waals surface area contributed by atoms with Crippen molar-refractivity contribution in [2.45, 2.75) is 65.0 Å². The maximum absolute atomic E-state index is 4.90. The number of aryl methyl sites for hydroxylation is 1. The van der Waals surface area contributed by atoms with E-state index in [9.17, 15) is 0 Å². The standard InChI is InChI=1S/C18H31N3/c1-5-7-16-11-15(13-19-3)12-18(20-16)21(4)17-9-6-8-14(2)10-17/h11-12,14,17,19H,5-10,13H2,1-4H3. The van der Waals surface area contributed by atoms with Crippen molar-refractivity contribution >= 4 is 5.82 Å². The molecule has 0 bridgehead atoms. The monoisotopic (exact) mass is 289 g/mol. The van der Waals surface area contributed by atoms with Crippen molar-refractivity contribution < 1.29 is 0 Å². The van der Waals surface area contributed by atoms with Gasteiger partial charge in [0.2, 0.25) is 0 Å². The van der Waals surface area contributed by atoms with Crippen LogP contribution in [-0.2, 0) is 13.0 Å². The van der Waals surface area contributed by atoms with Crippen LogP contribution in [0.2, 0.25) is 0 Å². The number of aromatic nitrogens is 1. The predicted octanol–water partition coefficient (Wildman–Crippen LogP) is 3.77. The van der Waals surface area contributed by atoms with E-state index >= 15 is 0 Å². The van der Waals surface area contributed by atoms with Crippen LogP contribution in [0.1, 0.15) is 57.2 Å². The number of hydrogen-bond acceptors (Lipinski definition) is 3. The van der Waals surface area contributed by atoms with Gasteiger partial charge in [-0.2, -0.15) is 0 Å². The van der Waals surface area contributed by atoms with E-state index in [0.717, 1.165) is 31.1 Å². The number of nitrogens with one attached hydrogen (secondary N) is 1. The zero-order valence-corrected chi connectivity index (χ0v) is 14.2. The third-order valence-electron chi connectivity index (χ3n) is 4.63. The normalized spacial score (nSPS) is 22.3. The number of nitrogens with zero attached hydrogens (tertiary/aromatic N) is 2. The summed E-state index contributed by atoms with van der Waals surface area (Å²) in [4.78, 5) is 7.33. The number of rotatable bonds is 6. The summed E-state index contributed by atoms with van der Waals surface area (Å²) in [6.45, 7) is 5.52. The van der Waals surface area contributed by atoms with Gasteiger partial charge in [-0.3, -0.25) is 0 Å². The van der Waals surface area contributed by atoms with Crippen LogP contribution in [0, 0.1) is 5.92 Å². The molecule has 1 heterocycles. The molecule has 0 spiro atoms. The Morgan fingerprint density at radius 2 is 2.14 bits per heavy atom. The Morgan fingerprint density at radius 3 is 2.81 bits per heavy atom. The van der Waals surface area contributed by atoms with Crippen molar-refractivity contribution in [3.63, 3.8) is 0 Å². The molecular formula is C18H31N3. The zero-order chi connectivity index (χ0) is 15.2. The van der Waals surface area contributed by atoms with Crippen LogP contribution in [0.4, 0.5) is 5.82 Å². The fraction of sp³-hybridized carbons (Fsp3) is 0.722. The largest absolute Gasteiger partial charge is 0.357 e. The molecule has 2 unspecified atom stereocenters. The maximum atomic E-state index is 4.90. The molecule has 2 rings (SSSR count). The van der Waals surface area contributed by atoms with Gasteiger partial charge in [-0.05, 0) is 49.9 Å². The lowest BCUT2D eigenvalue weighted by Crippen LogP contribution is -2.36. The number of anilines is 1. The molecule has 0 amide bonds. The lowest BCUT2D eigenvalue weighted by molar-refractivity contribution is 0.335. The molecule has 118 valence electrons. The lowest BCUT2D eigenvalue weighted by Gasteiger charge is -2.35.